The second-order valence-electron chi connectivity index (χ2n) is 8.43. The molecule has 2 aromatic heterocycles. The van der Waals surface area contributed by atoms with Gasteiger partial charge in [-0.1, -0.05) is 13.8 Å². The summed E-state index contributed by atoms with van der Waals surface area (Å²) in [5.74, 6) is -1.20. The van der Waals surface area contributed by atoms with E-state index in [-0.39, 0.29) is 35.1 Å². The average molecular weight is 523 g/mol. The molecule has 12 heteroatoms. The minimum atomic E-state index is -4.66. The molecular formula is C24H25F3N4O4S. The number of sulfone groups is 1. The third-order valence-electron chi connectivity index (χ3n) is 5.98. The van der Waals surface area contributed by atoms with Gasteiger partial charge >= 0.3 is 6.18 Å². The highest BCUT2D eigenvalue weighted by molar-refractivity contribution is 7.91. The quantitative estimate of drug-likeness (QED) is 0.464. The molecule has 192 valence electrons. The van der Waals surface area contributed by atoms with Crippen molar-refractivity contribution in [3.05, 3.63) is 65.2 Å². The molecule has 1 aromatic carbocycles. The number of fused-ring (bicyclic) bond motifs is 1. The second-order valence-corrected chi connectivity index (χ2v) is 10.7. The van der Waals surface area contributed by atoms with Crippen LogP contribution in [0.1, 0.15) is 48.1 Å². The zero-order valence-corrected chi connectivity index (χ0v) is 20.7. The Morgan fingerprint density at radius 2 is 1.92 bits per heavy atom. The summed E-state index contributed by atoms with van der Waals surface area (Å²) in [6, 6.07) is 7.06. The van der Waals surface area contributed by atoms with Gasteiger partial charge in [-0.05, 0) is 43.7 Å². The van der Waals surface area contributed by atoms with Crippen LogP contribution in [0.15, 0.2) is 47.6 Å². The number of amides is 1. The number of nitrogens with zero attached hydrogens (tertiary/aromatic N) is 4. The SMILES string of the molecule is CCc1cc(-n2cc3c(n2)CN(C(=O)c2cc(S(=O)(=O)CC)ccc2OC(C)C(F)(F)F)C3)ccn1. The first-order valence-corrected chi connectivity index (χ1v) is 13.0. The number of halogens is 3. The highest BCUT2D eigenvalue weighted by atomic mass is 32.2. The van der Waals surface area contributed by atoms with Gasteiger partial charge in [0.25, 0.3) is 5.91 Å². The topological polar surface area (TPSA) is 94.4 Å². The lowest BCUT2D eigenvalue weighted by Crippen LogP contribution is -2.33. The first kappa shape index (κ1) is 25.7. The monoisotopic (exact) mass is 522 g/mol. The zero-order chi connectivity index (χ0) is 26.3. The maximum Gasteiger partial charge on any atom is 0.425 e. The highest BCUT2D eigenvalue weighted by Gasteiger charge is 2.39. The number of hydrogen-bond acceptors (Lipinski definition) is 6. The Labute approximate surface area is 206 Å². The molecule has 1 amide bonds. The largest absolute Gasteiger partial charge is 0.480 e. The number of benzene rings is 1. The zero-order valence-electron chi connectivity index (χ0n) is 19.9. The molecule has 1 unspecified atom stereocenters. The molecule has 0 aliphatic carbocycles. The van der Waals surface area contributed by atoms with E-state index in [1.165, 1.54) is 11.8 Å². The lowest BCUT2D eigenvalue weighted by Gasteiger charge is -2.22. The van der Waals surface area contributed by atoms with Crippen molar-refractivity contribution < 1.29 is 31.1 Å². The van der Waals surface area contributed by atoms with E-state index in [0.717, 1.165) is 48.5 Å². The molecule has 0 N–H and O–H groups in total. The Morgan fingerprint density at radius 3 is 2.56 bits per heavy atom. The van der Waals surface area contributed by atoms with Crippen LogP contribution in [0.25, 0.3) is 5.69 Å². The molecule has 1 aliphatic heterocycles. The Hall–Kier alpha value is -3.41. The van der Waals surface area contributed by atoms with Crippen LogP contribution in [0.4, 0.5) is 13.2 Å². The van der Waals surface area contributed by atoms with Crippen LogP contribution in [-0.4, -0.2) is 52.0 Å². The predicted octanol–water partition coefficient (Wildman–Crippen LogP) is 4.11. The van der Waals surface area contributed by atoms with Crippen molar-refractivity contribution in [1.29, 1.82) is 0 Å². The van der Waals surface area contributed by atoms with Crippen molar-refractivity contribution in [3.63, 3.8) is 0 Å². The molecule has 0 saturated heterocycles. The highest BCUT2D eigenvalue weighted by Crippen LogP contribution is 2.32. The average Bonchev–Trinajstić information content (AvgIpc) is 3.43. The Morgan fingerprint density at radius 1 is 1.17 bits per heavy atom. The van der Waals surface area contributed by atoms with Crippen molar-refractivity contribution in [1.82, 2.24) is 19.7 Å². The van der Waals surface area contributed by atoms with Crippen LogP contribution in [-0.2, 0) is 29.3 Å². The van der Waals surface area contributed by atoms with Gasteiger partial charge in [-0.2, -0.15) is 18.3 Å². The van der Waals surface area contributed by atoms with Crippen molar-refractivity contribution in [3.8, 4) is 11.4 Å². The van der Waals surface area contributed by atoms with Gasteiger partial charge in [-0.25, -0.2) is 13.1 Å². The van der Waals surface area contributed by atoms with Crippen molar-refractivity contribution in [2.24, 2.45) is 0 Å². The summed E-state index contributed by atoms with van der Waals surface area (Å²) in [5, 5.41) is 4.56. The van der Waals surface area contributed by atoms with Gasteiger partial charge in [-0.15, -0.1) is 0 Å². The molecular weight excluding hydrogens is 497 g/mol. The summed E-state index contributed by atoms with van der Waals surface area (Å²) in [7, 11) is -3.71. The van der Waals surface area contributed by atoms with Crippen LogP contribution < -0.4 is 4.74 Å². The second kappa shape index (κ2) is 9.57. The minimum absolute atomic E-state index is 0.117. The molecule has 3 heterocycles. The summed E-state index contributed by atoms with van der Waals surface area (Å²) in [6.07, 6.45) is -2.60. The minimum Gasteiger partial charge on any atom is -0.480 e. The number of aromatic nitrogens is 3. The van der Waals surface area contributed by atoms with Crippen LogP contribution in [0, 0.1) is 0 Å². The summed E-state index contributed by atoms with van der Waals surface area (Å²) in [5.41, 5.74) is 2.90. The number of ether oxygens (including phenoxy) is 1. The van der Waals surface area contributed by atoms with E-state index in [0.29, 0.717) is 5.69 Å². The molecule has 1 atom stereocenters. The molecule has 0 saturated carbocycles. The van der Waals surface area contributed by atoms with Gasteiger partial charge in [0.2, 0.25) is 0 Å². The van der Waals surface area contributed by atoms with E-state index >= 15 is 0 Å². The normalized spacial score (nSPS) is 14.6. The predicted molar refractivity (Wildman–Crippen MR) is 125 cm³/mol. The molecule has 3 aromatic rings. The molecule has 8 nitrogen and oxygen atoms in total. The molecule has 0 spiro atoms. The first-order valence-electron chi connectivity index (χ1n) is 11.3. The van der Waals surface area contributed by atoms with Gasteiger partial charge in [0.1, 0.15) is 5.75 Å². The van der Waals surface area contributed by atoms with Gasteiger partial charge in [-0.3, -0.25) is 9.78 Å². The van der Waals surface area contributed by atoms with Crippen LogP contribution in [0.3, 0.4) is 0 Å². The third-order valence-corrected chi connectivity index (χ3v) is 7.71. The number of carbonyl (C=O) groups is 1. The Bertz CT molecular complexity index is 1380. The smallest absolute Gasteiger partial charge is 0.425 e. The third kappa shape index (κ3) is 5.08. The summed E-state index contributed by atoms with van der Waals surface area (Å²) < 4.78 is 70.9. The maximum absolute atomic E-state index is 13.4. The first-order chi connectivity index (χ1) is 16.9. The lowest BCUT2D eigenvalue weighted by atomic mass is 10.1. The van der Waals surface area contributed by atoms with E-state index in [1.54, 1.807) is 17.1 Å². The Kier molecular flexibility index (Phi) is 6.82. The van der Waals surface area contributed by atoms with E-state index in [1.807, 2.05) is 19.1 Å². The fourth-order valence-electron chi connectivity index (χ4n) is 3.80. The lowest BCUT2D eigenvalue weighted by molar-refractivity contribution is -0.189. The van der Waals surface area contributed by atoms with Crippen LogP contribution >= 0.6 is 0 Å². The van der Waals surface area contributed by atoms with E-state index in [2.05, 4.69) is 10.1 Å². The molecule has 36 heavy (non-hydrogen) atoms. The number of rotatable bonds is 7. The maximum atomic E-state index is 13.4. The van der Waals surface area contributed by atoms with E-state index in [9.17, 15) is 26.4 Å². The number of alkyl halides is 3. The molecule has 4 rings (SSSR count). The Balaban J connectivity index is 1.63. The summed E-state index contributed by atoms with van der Waals surface area (Å²) in [4.78, 5) is 18.9. The van der Waals surface area contributed by atoms with Crippen molar-refractivity contribution in [2.75, 3.05) is 5.75 Å². The van der Waals surface area contributed by atoms with Crippen LogP contribution in [0.5, 0.6) is 5.75 Å². The van der Waals surface area contributed by atoms with Gasteiger partial charge in [0.05, 0.1) is 34.1 Å². The van der Waals surface area contributed by atoms with E-state index in [4.69, 9.17) is 4.74 Å². The van der Waals surface area contributed by atoms with Crippen molar-refractivity contribution >= 4 is 15.7 Å². The van der Waals surface area contributed by atoms with Gasteiger partial charge in [0.15, 0.2) is 15.9 Å². The summed E-state index contributed by atoms with van der Waals surface area (Å²) in [6.45, 7) is 4.54. The number of pyridine rings is 1. The van der Waals surface area contributed by atoms with Crippen molar-refractivity contribution in [2.45, 2.75) is 57.5 Å². The molecule has 0 bridgehead atoms. The van der Waals surface area contributed by atoms with Gasteiger partial charge in [0, 0.05) is 30.2 Å². The van der Waals surface area contributed by atoms with Gasteiger partial charge < -0.3 is 9.64 Å². The number of aryl methyl sites for hydroxylation is 1. The standard InChI is InChI=1S/C24H25F3N4O4S/c1-4-17-10-18(8-9-28-17)31-13-16-12-30(14-21(16)29-31)23(32)20-11-19(36(33,34)5-2)6-7-22(20)35-15(3)24(25,26)27/h6-11,13,15H,4-5,12,14H2,1-3H3. The fraction of sp³-hybridized carbons (Fsp3) is 0.375. The molecule has 1 aliphatic rings. The summed E-state index contributed by atoms with van der Waals surface area (Å²) >= 11 is 0. The fourth-order valence-corrected chi connectivity index (χ4v) is 4.70. The molecule has 0 radical (unpaired) electrons. The number of carbonyl (C=O) groups excluding carboxylic acids is 1. The van der Waals surface area contributed by atoms with Crippen LogP contribution in [0.2, 0.25) is 0 Å². The number of hydrogen-bond donors (Lipinski definition) is 0. The van der Waals surface area contributed by atoms with E-state index < -0.39 is 28.0 Å². The molecule has 0 fully saturated rings.